The van der Waals surface area contributed by atoms with E-state index >= 15 is 0 Å². The number of benzene rings is 1. The highest BCUT2D eigenvalue weighted by molar-refractivity contribution is 7.10. The zero-order valence-corrected chi connectivity index (χ0v) is 10.9. The largest absolute Gasteiger partial charge is 0.305 e. The summed E-state index contributed by atoms with van der Waals surface area (Å²) in [6.07, 6.45) is 0.936. The number of rotatable bonds is 2. The Morgan fingerprint density at radius 1 is 1.22 bits per heavy atom. The predicted octanol–water partition coefficient (Wildman–Crippen LogP) is 3.72. The molecule has 0 saturated carbocycles. The lowest BCUT2D eigenvalue weighted by Crippen LogP contribution is -2.32. The average Bonchev–Trinajstić information content (AvgIpc) is 2.88. The Bertz CT molecular complexity index is 568. The number of hydrogen-bond acceptors (Lipinski definition) is 2. The van der Waals surface area contributed by atoms with Crippen molar-refractivity contribution in [3.63, 3.8) is 0 Å². The first-order valence-corrected chi connectivity index (χ1v) is 6.97. The maximum atomic E-state index is 7.47. The van der Waals surface area contributed by atoms with Crippen molar-refractivity contribution < 1.29 is 0 Å². The summed E-state index contributed by atoms with van der Waals surface area (Å²) in [5.41, 5.74) is 2.50. The van der Waals surface area contributed by atoms with E-state index < -0.39 is 0 Å². The molecule has 18 heavy (non-hydrogen) atoms. The van der Waals surface area contributed by atoms with Gasteiger partial charge in [0.05, 0.1) is 5.56 Å². The van der Waals surface area contributed by atoms with Crippen LogP contribution in [0, 0.1) is 6.57 Å². The van der Waals surface area contributed by atoms with Crippen LogP contribution in [0.25, 0.3) is 4.85 Å². The van der Waals surface area contributed by atoms with E-state index in [4.69, 9.17) is 6.57 Å². The van der Waals surface area contributed by atoms with Gasteiger partial charge in [-0.1, -0.05) is 18.2 Å². The van der Waals surface area contributed by atoms with E-state index in [0.717, 1.165) is 25.1 Å². The summed E-state index contributed by atoms with van der Waals surface area (Å²) in [6, 6.07) is 12.3. The number of nitrogens with zero attached hydrogens (tertiary/aromatic N) is 2. The van der Waals surface area contributed by atoms with Crippen molar-refractivity contribution >= 4 is 11.3 Å². The van der Waals surface area contributed by atoms with E-state index in [1.54, 1.807) is 0 Å². The maximum absolute atomic E-state index is 7.47. The maximum Gasteiger partial charge on any atom is 0.305 e. The van der Waals surface area contributed by atoms with Gasteiger partial charge in [-0.25, -0.2) is 11.5 Å². The lowest BCUT2D eigenvalue weighted by atomic mass is 10.1. The summed E-state index contributed by atoms with van der Waals surface area (Å²) in [5, 5.41) is 2.16. The second kappa shape index (κ2) is 4.93. The zero-order valence-electron chi connectivity index (χ0n) is 10.0. The summed E-state index contributed by atoms with van der Waals surface area (Å²) in [6.45, 7) is 9.35. The molecule has 90 valence electrons. The van der Waals surface area contributed by atoms with Crippen LogP contribution >= 0.6 is 11.3 Å². The van der Waals surface area contributed by atoms with E-state index in [-0.39, 0.29) is 6.17 Å². The van der Waals surface area contributed by atoms with Crippen molar-refractivity contribution in [2.75, 3.05) is 6.54 Å². The summed E-state index contributed by atoms with van der Waals surface area (Å²) in [5.74, 6) is 0. The highest BCUT2D eigenvalue weighted by Crippen LogP contribution is 2.30. The van der Waals surface area contributed by atoms with Gasteiger partial charge in [-0.2, -0.15) is 0 Å². The van der Waals surface area contributed by atoms with Crippen LogP contribution in [0.3, 0.4) is 0 Å². The molecule has 0 fully saturated rings. The first-order chi connectivity index (χ1) is 8.88. The fraction of sp³-hybridized carbons (Fsp3) is 0.267. The van der Waals surface area contributed by atoms with Crippen LogP contribution in [0.4, 0.5) is 0 Å². The Kier molecular flexibility index (Phi) is 3.14. The van der Waals surface area contributed by atoms with Crippen molar-refractivity contribution in [2.45, 2.75) is 19.1 Å². The molecule has 0 amide bonds. The van der Waals surface area contributed by atoms with Crippen molar-refractivity contribution in [1.82, 2.24) is 4.90 Å². The van der Waals surface area contributed by atoms with E-state index in [0.29, 0.717) is 0 Å². The standard InChI is InChI=1S/C15H14N2S/c1-16-15(12-5-3-2-4-6-12)17-9-7-14-13(11-17)8-10-18-14/h2-6,8,10,15H,7,9,11H2. The Hall–Kier alpha value is -1.63. The lowest BCUT2D eigenvalue weighted by Gasteiger charge is -2.27. The van der Waals surface area contributed by atoms with Gasteiger partial charge in [0, 0.05) is 18.0 Å². The van der Waals surface area contributed by atoms with Crippen molar-refractivity contribution in [3.8, 4) is 0 Å². The van der Waals surface area contributed by atoms with Crippen LogP contribution in [-0.2, 0) is 13.0 Å². The Morgan fingerprint density at radius 3 is 2.83 bits per heavy atom. The molecule has 1 atom stereocenters. The van der Waals surface area contributed by atoms with Gasteiger partial charge >= 0.3 is 6.17 Å². The minimum absolute atomic E-state index is 0.140. The summed E-state index contributed by atoms with van der Waals surface area (Å²) >= 11 is 1.84. The topological polar surface area (TPSA) is 7.60 Å². The van der Waals surface area contributed by atoms with Gasteiger partial charge in [0.25, 0.3) is 0 Å². The third-order valence-electron chi connectivity index (χ3n) is 3.40. The molecule has 1 aromatic carbocycles. The third-order valence-corrected chi connectivity index (χ3v) is 4.43. The lowest BCUT2D eigenvalue weighted by molar-refractivity contribution is 0.212. The minimum atomic E-state index is -0.140. The Labute approximate surface area is 111 Å². The number of fused-ring (bicyclic) bond motifs is 1. The molecule has 0 bridgehead atoms. The van der Waals surface area contributed by atoms with Gasteiger partial charge in [-0.3, -0.25) is 4.85 Å². The van der Waals surface area contributed by atoms with E-state index in [9.17, 15) is 0 Å². The van der Waals surface area contributed by atoms with E-state index in [2.05, 4.69) is 21.2 Å². The summed E-state index contributed by atoms with van der Waals surface area (Å²) in [7, 11) is 0. The number of hydrogen-bond donors (Lipinski definition) is 0. The van der Waals surface area contributed by atoms with Gasteiger partial charge in [-0.15, -0.1) is 11.3 Å². The van der Waals surface area contributed by atoms with Gasteiger partial charge in [-0.05, 0) is 35.6 Å². The molecule has 2 nitrogen and oxygen atoms in total. The van der Waals surface area contributed by atoms with Crippen LogP contribution in [0.5, 0.6) is 0 Å². The molecular weight excluding hydrogens is 240 g/mol. The first kappa shape index (κ1) is 11.5. The van der Waals surface area contributed by atoms with Crippen LogP contribution < -0.4 is 0 Å². The SMILES string of the molecule is [C-]#[N+]C(c1ccccc1)N1CCc2sccc2C1. The fourth-order valence-corrected chi connectivity index (χ4v) is 3.36. The van der Waals surface area contributed by atoms with Crippen LogP contribution in [0.1, 0.15) is 22.2 Å². The van der Waals surface area contributed by atoms with Crippen molar-refractivity contribution in [1.29, 1.82) is 0 Å². The first-order valence-electron chi connectivity index (χ1n) is 6.09. The van der Waals surface area contributed by atoms with Crippen LogP contribution in [0.2, 0.25) is 0 Å². The Morgan fingerprint density at radius 2 is 2.06 bits per heavy atom. The second-order valence-corrected chi connectivity index (χ2v) is 5.50. The highest BCUT2D eigenvalue weighted by atomic mass is 32.1. The van der Waals surface area contributed by atoms with Crippen molar-refractivity contribution in [3.05, 3.63) is 69.2 Å². The normalized spacial score (nSPS) is 16.8. The predicted molar refractivity (Wildman–Crippen MR) is 74.2 cm³/mol. The average molecular weight is 254 g/mol. The molecule has 2 heterocycles. The van der Waals surface area contributed by atoms with Crippen molar-refractivity contribution in [2.24, 2.45) is 0 Å². The molecule has 0 spiro atoms. The molecule has 1 aromatic heterocycles. The molecule has 2 aromatic rings. The molecule has 0 saturated heterocycles. The zero-order chi connectivity index (χ0) is 12.4. The molecular formula is C15H14N2S. The molecule has 0 radical (unpaired) electrons. The molecule has 1 aliphatic heterocycles. The highest BCUT2D eigenvalue weighted by Gasteiger charge is 2.28. The van der Waals surface area contributed by atoms with Gasteiger partial charge < -0.3 is 0 Å². The number of thiophene rings is 1. The summed E-state index contributed by atoms with van der Waals surface area (Å²) < 4.78 is 0. The smallest absolute Gasteiger partial charge is 0.291 e. The fourth-order valence-electron chi connectivity index (χ4n) is 2.47. The molecule has 0 N–H and O–H groups in total. The molecule has 0 aliphatic carbocycles. The van der Waals surface area contributed by atoms with Gasteiger partial charge in [0.2, 0.25) is 0 Å². The van der Waals surface area contributed by atoms with Gasteiger partial charge in [0.15, 0.2) is 0 Å². The quantitative estimate of drug-likeness (QED) is 0.741. The second-order valence-electron chi connectivity index (χ2n) is 4.50. The Balaban J connectivity index is 1.85. The van der Waals surface area contributed by atoms with E-state index in [1.165, 1.54) is 10.4 Å². The molecule has 3 rings (SSSR count). The molecule has 1 aliphatic rings. The monoisotopic (exact) mass is 254 g/mol. The van der Waals surface area contributed by atoms with Crippen LogP contribution in [-0.4, -0.2) is 11.4 Å². The third kappa shape index (κ3) is 2.05. The van der Waals surface area contributed by atoms with Crippen LogP contribution in [0.15, 0.2) is 41.8 Å². The van der Waals surface area contributed by atoms with Gasteiger partial charge in [0.1, 0.15) is 0 Å². The van der Waals surface area contributed by atoms with E-state index in [1.807, 2.05) is 41.7 Å². The molecule has 3 heteroatoms. The minimum Gasteiger partial charge on any atom is -0.291 e. The molecule has 1 unspecified atom stereocenters. The summed E-state index contributed by atoms with van der Waals surface area (Å²) in [4.78, 5) is 7.58.